The first kappa shape index (κ1) is 18.6. The number of rotatable bonds is 3. The zero-order valence-corrected chi connectivity index (χ0v) is 15.6. The number of ketones is 1. The summed E-state index contributed by atoms with van der Waals surface area (Å²) in [7, 11) is 0. The van der Waals surface area contributed by atoms with Gasteiger partial charge in [0.25, 0.3) is 0 Å². The summed E-state index contributed by atoms with van der Waals surface area (Å²) in [6.07, 6.45) is 3.77. The zero-order chi connectivity index (χ0) is 19.1. The van der Waals surface area contributed by atoms with Crippen molar-refractivity contribution in [1.82, 2.24) is 0 Å². The third-order valence-corrected chi connectivity index (χ3v) is 6.59. The molecule has 0 bridgehead atoms. The lowest BCUT2D eigenvalue weighted by molar-refractivity contribution is -0.155. The molecule has 5 heteroatoms. The Balaban J connectivity index is 1.79. The SMILES string of the molecule is CC1(C)C(=O)CC[C@]2(C)[C@@H]1CCC[C@H]2OC(=O)c1ccc(C(=O)O)cc1. The number of benzene rings is 1. The number of ether oxygens (including phenoxy) is 1. The molecule has 2 fully saturated rings. The van der Waals surface area contributed by atoms with E-state index in [1.807, 2.05) is 13.8 Å². The fraction of sp³-hybridized carbons (Fsp3) is 0.571. The molecule has 0 aliphatic heterocycles. The molecule has 1 aromatic carbocycles. The number of hydrogen-bond donors (Lipinski definition) is 1. The van der Waals surface area contributed by atoms with Crippen LogP contribution in [0.2, 0.25) is 0 Å². The molecule has 2 aliphatic rings. The Labute approximate surface area is 153 Å². The number of carboxylic acid groups (broad SMARTS) is 1. The second-order valence-electron chi connectivity index (χ2n) is 8.41. The summed E-state index contributed by atoms with van der Waals surface area (Å²) >= 11 is 0. The van der Waals surface area contributed by atoms with E-state index in [9.17, 15) is 14.4 Å². The van der Waals surface area contributed by atoms with Crippen LogP contribution in [-0.2, 0) is 9.53 Å². The van der Waals surface area contributed by atoms with Gasteiger partial charge in [0.1, 0.15) is 11.9 Å². The first-order valence-electron chi connectivity index (χ1n) is 9.24. The minimum Gasteiger partial charge on any atom is -0.478 e. The number of aromatic carboxylic acids is 1. The van der Waals surface area contributed by atoms with Crippen molar-refractivity contribution < 1.29 is 24.2 Å². The largest absolute Gasteiger partial charge is 0.478 e. The highest BCUT2D eigenvalue weighted by atomic mass is 16.5. The molecule has 5 nitrogen and oxygen atoms in total. The van der Waals surface area contributed by atoms with E-state index in [4.69, 9.17) is 9.84 Å². The van der Waals surface area contributed by atoms with Gasteiger partial charge in [-0.3, -0.25) is 4.79 Å². The molecule has 2 saturated carbocycles. The minimum absolute atomic E-state index is 0.138. The lowest BCUT2D eigenvalue weighted by atomic mass is 9.50. The van der Waals surface area contributed by atoms with Gasteiger partial charge in [0.05, 0.1) is 11.1 Å². The molecule has 1 N–H and O–H groups in total. The van der Waals surface area contributed by atoms with Gasteiger partial charge in [-0.2, -0.15) is 0 Å². The number of hydrogen-bond acceptors (Lipinski definition) is 4. The Bertz CT molecular complexity index is 733. The van der Waals surface area contributed by atoms with Gasteiger partial charge in [0, 0.05) is 17.3 Å². The molecule has 0 spiro atoms. The molecule has 0 aromatic heterocycles. The van der Waals surface area contributed by atoms with Gasteiger partial charge < -0.3 is 9.84 Å². The number of esters is 1. The van der Waals surface area contributed by atoms with Crippen molar-refractivity contribution in [3.8, 4) is 0 Å². The molecule has 3 rings (SSSR count). The maximum atomic E-state index is 12.6. The molecule has 1 aromatic rings. The van der Waals surface area contributed by atoms with E-state index in [1.165, 1.54) is 24.3 Å². The Kier molecular flexibility index (Phi) is 4.67. The van der Waals surface area contributed by atoms with Crippen LogP contribution < -0.4 is 0 Å². The van der Waals surface area contributed by atoms with E-state index in [-0.39, 0.29) is 28.4 Å². The number of Topliss-reactive ketones (excluding diaryl/α,β-unsaturated/α-hetero) is 1. The number of fused-ring (bicyclic) bond motifs is 1. The molecular weight excluding hydrogens is 332 g/mol. The minimum atomic E-state index is -1.03. The van der Waals surface area contributed by atoms with Crippen molar-refractivity contribution in [2.75, 3.05) is 0 Å². The van der Waals surface area contributed by atoms with Crippen molar-refractivity contribution in [2.24, 2.45) is 16.7 Å². The van der Waals surface area contributed by atoms with Crippen LogP contribution in [0, 0.1) is 16.7 Å². The lowest BCUT2D eigenvalue weighted by Crippen LogP contribution is -2.55. The van der Waals surface area contributed by atoms with Crippen LogP contribution in [0.25, 0.3) is 0 Å². The van der Waals surface area contributed by atoms with Gasteiger partial charge >= 0.3 is 11.9 Å². The van der Waals surface area contributed by atoms with Gasteiger partial charge in [-0.15, -0.1) is 0 Å². The van der Waals surface area contributed by atoms with Crippen LogP contribution in [0.15, 0.2) is 24.3 Å². The average molecular weight is 358 g/mol. The predicted molar refractivity (Wildman–Crippen MR) is 96.1 cm³/mol. The van der Waals surface area contributed by atoms with Gasteiger partial charge in [-0.05, 0) is 55.9 Å². The molecule has 2 aliphatic carbocycles. The Morgan fingerprint density at radius 1 is 1.08 bits per heavy atom. The molecule has 140 valence electrons. The summed E-state index contributed by atoms with van der Waals surface area (Å²) in [5.74, 6) is -0.946. The van der Waals surface area contributed by atoms with Gasteiger partial charge in [0.15, 0.2) is 0 Å². The molecule has 0 heterocycles. The zero-order valence-electron chi connectivity index (χ0n) is 15.6. The molecule has 0 amide bonds. The summed E-state index contributed by atoms with van der Waals surface area (Å²) in [6, 6.07) is 5.80. The van der Waals surface area contributed by atoms with E-state index < -0.39 is 11.9 Å². The highest BCUT2D eigenvalue weighted by molar-refractivity contribution is 5.92. The van der Waals surface area contributed by atoms with Crippen molar-refractivity contribution in [1.29, 1.82) is 0 Å². The third-order valence-electron chi connectivity index (χ3n) is 6.59. The summed E-state index contributed by atoms with van der Waals surface area (Å²) in [5.41, 5.74) is -0.0984. The Morgan fingerprint density at radius 2 is 1.69 bits per heavy atom. The summed E-state index contributed by atoms with van der Waals surface area (Å²) in [5, 5.41) is 8.97. The Hall–Kier alpha value is -2.17. The molecule has 0 saturated heterocycles. The lowest BCUT2D eigenvalue weighted by Gasteiger charge is -2.55. The first-order chi connectivity index (χ1) is 12.2. The maximum Gasteiger partial charge on any atom is 0.338 e. The fourth-order valence-corrected chi connectivity index (χ4v) is 4.95. The van der Waals surface area contributed by atoms with E-state index in [0.29, 0.717) is 17.8 Å². The van der Waals surface area contributed by atoms with Crippen molar-refractivity contribution >= 4 is 17.7 Å². The fourth-order valence-electron chi connectivity index (χ4n) is 4.95. The maximum absolute atomic E-state index is 12.6. The predicted octanol–water partition coefficient (Wildman–Crippen LogP) is 4.11. The smallest absolute Gasteiger partial charge is 0.338 e. The van der Waals surface area contributed by atoms with Crippen LogP contribution in [0.1, 0.15) is 73.6 Å². The van der Waals surface area contributed by atoms with Crippen LogP contribution >= 0.6 is 0 Å². The van der Waals surface area contributed by atoms with Gasteiger partial charge in [-0.1, -0.05) is 20.8 Å². The highest BCUT2D eigenvalue weighted by Crippen LogP contribution is 2.57. The number of carboxylic acids is 1. The summed E-state index contributed by atoms with van der Waals surface area (Å²) < 4.78 is 5.88. The van der Waals surface area contributed by atoms with Gasteiger partial charge in [-0.25, -0.2) is 9.59 Å². The molecule has 0 unspecified atom stereocenters. The second-order valence-corrected chi connectivity index (χ2v) is 8.41. The summed E-state index contributed by atoms with van der Waals surface area (Å²) in [4.78, 5) is 35.9. The van der Waals surface area contributed by atoms with E-state index in [2.05, 4.69) is 6.92 Å². The third kappa shape index (κ3) is 3.04. The molecule has 3 atom stereocenters. The normalized spacial score (nSPS) is 30.3. The van der Waals surface area contributed by atoms with E-state index in [1.54, 1.807) is 0 Å². The topological polar surface area (TPSA) is 80.7 Å². The van der Waals surface area contributed by atoms with Crippen molar-refractivity contribution in [3.05, 3.63) is 35.4 Å². The Morgan fingerprint density at radius 3 is 2.31 bits per heavy atom. The number of carbonyl (C=O) groups is 3. The molecule has 26 heavy (non-hydrogen) atoms. The molecule has 0 radical (unpaired) electrons. The van der Waals surface area contributed by atoms with E-state index in [0.717, 1.165) is 25.7 Å². The standard InChI is InChI=1S/C21H26O5/c1-20(2)15-5-4-6-17(21(15,3)12-11-16(20)22)26-19(25)14-9-7-13(8-10-14)18(23)24/h7-10,15,17H,4-6,11-12H2,1-3H3,(H,23,24)/t15-,17-,21-/m1/s1. The van der Waals surface area contributed by atoms with Crippen LogP contribution in [0.4, 0.5) is 0 Å². The van der Waals surface area contributed by atoms with Crippen molar-refractivity contribution in [3.63, 3.8) is 0 Å². The average Bonchev–Trinajstić information content (AvgIpc) is 2.60. The van der Waals surface area contributed by atoms with Crippen LogP contribution in [-0.4, -0.2) is 28.9 Å². The van der Waals surface area contributed by atoms with Crippen LogP contribution in [0.3, 0.4) is 0 Å². The number of carbonyl (C=O) groups excluding carboxylic acids is 2. The van der Waals surface area contributed by atoms with E-state index >= 15 is 0 Å². The second kappa shape index (κ2) is 6.53. The van der Waals surface area contributed by atoms with Crippen molar-refractivity contribution in [2.45, 2.75) is 59.0 Å². The quantitative estimate of drug-likeness (QED) is 0.823. The van der Waals surface area contributed by atoms with Gasteiger partial charge in [0.2, 0.25) is 0 Å². The molecular formula is C21H26O5. The highest BCUT2D eigenvalue weighted by Gasteiger charge is 2.56. The summed E-state index contributed by atoms with van der Waals surface area (Å²) in [6.45, 7) is 6.19. The first-order valence-corrected chi connectivity index (χ1v) is 9.24. The van der Waals surface area contributed by atoms with Crippen LogP contribution in [0.5, 0.6) is 0 Å². The monoisotopic (exact) mass is 358 g/mol.